The van der Waals surface area contributed by atoms with Crippen LogP contribution in [0.25, 0.3) is 0 Å². The lowest BCUT2D eigenvalue weighted by molar-refractivity contribution is -0.158. The van der Waals surface area contributed by atoms with Crippen LogP contribution in [-0.4, -0.2) is 48.1 Å². The maximum absolute atomic E-state index is 13.0. The lowest BCUT2D eigenvalue weighted by Gasteiger charge is -2.47. The van der Waals surface area contributed by atoms with Crippen molar-refractivity contribution in [3.8, 4) is 0 Å². The van der Waals surface area contributed by atoms with Gasteiger partial charge < -0.3 is 15.0 Å². The summed E-state index contributed by atoms with van der Waals surface area (Å²) in [5, 5.41) is 3.00. The van der Waals surface area contributed by atoms with Crippen LogP contribution in [0.4, 0.5) is 0 Å². The fourth-order valence-electron chi connectivity index (χ4n) is 3.50. The molecule has 0 aromatic carbocycles. The predicted octanol–water partition coefficient (Wildman–Crippen LogP) is 1.56. The van der Waals surface area contributed by atoms with Gasteiger partial charge >= 0.3 is 0 Å². The first-order valence-corrected chi connectivity index (χ1v) is 8.16. The second-order valence-corrected chi connectivity index (χ2v) is 6.65. The van der Waals surface area contributed by atoms with E-state index in [9.17, 15) is 9.59 Å². The van der Waals surface area contributed by atoms with Crippen LogP contribution in [0.2, 0.25) is 0 Å². The average Bonchev–Trinajstić information content (AvgIpc) is 2.95. The Morgan fingerprint density at radius 1 is 1.33 bits per heavy atom. The standard InChI is InChI=1S/C16H28N2O3/c1-5-16(6-2)15(20)18(9-12-7-8-21-10-12)13(11(3)4)14(19)17-16/h11-13H,5-10H2,1-4H3,(H,17,19). The van der Waals surface area contributed by atoms with E-state index in [0.29, 0.717) is 31.9 Å². The maximum Gasteiger partial charge on any atom is 0.249 e. The summed E-state index contributed by atoms with van der Waals surface area (Å²) >= 11 is 0. The summed E-state index contributed by atoms with van der Waals surface area (Å²) in [6.45, 7) is 10.0. The van der Waals surface area contributed by atoms with Gasteiger partial charge in [0, 0.05) is 19.1 Å². The SMILES string of the molecule is CCC1(CC)NC(=O)C(C(C)C)N(CC2CCOC2)C1=O. The summed E-state index contributed by atoms with van der Waals surface area (Å²) < 4.78 is 5.42. The molecule has 2 amide bonds. The van der Waals surface area contributed by atoms with Gasteiger partial charge in [-0.1, -0.05) is 27.7 Å². The predicted molar refractivity (Wildman–Crippen MR) is 80.7 cm³/mol. The van der Waals surface area contributed by atoms with Gasteiger partial charge in [-0.15, -0.1) is 0 Å². The van der Waals surface area contributed by atoms with Crippen LogP contribution in [0.5, 0.6) is 0 Å². The zero-order valence-electron chi connectivity index (χ0n) is 13.6. The molecule has 0 bridgehead atoms. The first kappa shape index (κ1) is 16.3. The molecule has 5 heteroatoms. The zero-order chi connectivity index (χ0) is 15.6. The van der Waals surface area contributed by atoms with E-state index < -0.39 is 5.54 Å². The van der Waals surface area contributed by atoms with Crippen molar-refractivity contribution in [2.45, 2.75) is 58.5 Å². The summed E-state index contributed by atoms with van der Waals surface area (Å²) in [6, 6.07) is -0.357. The molecule has 2 fully saturated rings. The second kappa shape index (κ2) is 6.34. The molecule has 0 radical (unpaired) electrons. The van der Waals surface area contributed by atoms with E-state index >= 15 is 0 Å². The van der Waals surface area contributed by atoms with Crippen molar-refractivity contribution in [1.29, 1.82) is 0 Å². The number of nitrogens with zero attached hydrogens (tertiary/aromatic N) is 1. The number of rotatable bonds is 5. The van der Waals surface area contributed by atoms with Crippen LogP contribution in [0.1, 0.15) is 47.0 Å². The zero-order valence-corrected chi connectivity index (χ0v) is 13.6. The molecule has 2 heterocycles. The van der Waals surface area contributed by atoms with Crippen molar-refractivity contribution in [1.82, 2.24) is 10.2 Å². The number of nitrogens with one attached hydrogen (secondary N) is 1. The Labute approximate surface area is 127 Å². The van der Waals surface area contributed by atoms with Crippen molar-refractivity contribution < 1.29 is 14.3 Å². The van der Waals surface area contributed by atoms with Crippen molar-refractivity contribution in [2.24, 2.45) is 11.8 Å². The fraction of sp³-hybridized carbons (Fsp3) is 0.875. The third-order valence-electron chi connectivity index (χ3n) is 4.95. The largest absolute Gasteiger partial charge is 0.381 e. The van der Waals surface area contributed by atoms with Crippen LogP contribution in [-0.2, 0) is 14.3 Å². The maximum atomic E-state index is 13.0. The molecule has 21 heavy (non-hydrogen) atoms. The lowest BCUT2D eigenvalue weighted by Crippen LogP contribution is -2.71. The van der Waals surface area contributed by atoms with E-state index in [1.807, 2.05) is 32.6 Å². The summed E-state index contributed by atoms with van der Waals surface area (Å²) in [5.74, 6) is 0.542. The number of carbonyl (C=O) groups excluding carboxylic acids is 2. The van der Waals surface area contributed by atoms with Gasteiger partial charge in [-0.25, -0.2) is 0 Å². The smallest absolute Gasteiger partial charge is 0.249 e. The van der Waals surface area contributed by atoms with Gasteiger partial charge in [0.1, 0.15) is 11.6 Å². The molecule has 120 valence electrons. The molecular weight excluding hydrogens is 268 g/mol. The van der Waals surface area contributed by atoms with Crippen LogP contribution in [0, 0.1) is 11.8 Å². The molecular formula is C16H28N2O3. The molecule has 2 rings (SSSR count). The summed E-state index contributed by atoms with van der Waals surface area (Å²) in [4.78, 5) is 27.4. The molecule has 2 unspecified atom stereocenters. The number of ether oxygens (including phenoxy) is 1. The molecule has 2 saturated heterocycles. The Morgan fingerprint density at radius 2 is 2.00 bits per heavy atom. The minimum Gasteiger partial charge on any atom is -0.381 e. The fourth-order valence-corrected chi connectivity index (χ4v) is 3.50. The molecule has 0 spiro atoms. The molecule has 0 aromatic heterocycles. The molecule has 5 nitrogen and oxygen atoms in total. The second-order valence-electron chi connectivity index (χ2n) is 6.65. The van der Waals surface area contributed by atoms with E-state index in [2.05, 4.69) is 5.32 Å². The quantitative estimate of drug-likeness (QED) is 0.837. The highest BCUT2D eigenvalue weighted by Gasteiger charge is 2.50. The van der Waals surface area contributed by atoms with Gasteiger partial charge in [-0.3, -0.25) is 9.59 Å². The van der Waals surface area contributed by atoms with E-state index in [-0.39, 0.29) is 23.8 Å². The van der Waals surface area contributed by atoms with Gasteiger partial charge in [0.2, 0.25) is 11.8 Å². The van der Waals surface area contributed by atoms with Crippen LogP contribution >= 0.6 is 0 Å². The number of hydrogen-bond acceptors (Lipinski definition) is 3. The summed E-state index contributed by atoms with van der Waals surface area (Å²) in [6.07, 6.45) is 2.24. The Hall–Kier alpha value is -1.10. The topological polar surface area (TPSA) is 58.6 Å². The van der Waals surface area contributed by atoms with Crippen LogP contribution in [0.15, 0.2) is 0 Å². The summed E-state index contributed by atoms with van der Waals surface area (Å²) in [7, 11) is 0. The van der Waals surface area contributed by atoms with Crippen LogP contribution < -0.4 is 5.32 Å². The molecule has 1 N–H and O–H groups in total. The minimum atomic E-state index is -0.720. The van der Waals surface area contributed by atoms with Gasteiger partial charge in [-0.2, -0.15) is 0 Å². The third-order valence-corrected chi connectivity index (χ3v) is 4.95. The first-order chi connectivity index (χ1) is 9.95. The number of carbonyl (C=O) groups is 2. The highest BCUT2D eigenvalue weighted by Crippen LogP contribution is 2.29. The first-order valence-electron chi connectivity index (χ1n) is 8.16. The van der Waals surface area contributed by atoms with Crippen molar-refractivity contribution in [3.05, 3.63) is 0 Å². The van der Waals surface area contributed by atoms with Crippen molar-refractivity contribution in [3.63, 3.8) is 0 Å². The highest BCUT2D eigenvalue weighted by atomic mass is 16.5. The Morgan fingerprint density at radius 3 is 2.48 bits per heavy atom. The molecule has 0 aromatic rings. The number of hydrogen-bond donors (Lipinski definition) is 1. The van der Waals surface area contributed by atoms with E-state index in [4.69, 9.17) is 4.74 Å². The molecule has 0 saturated carbocycles. The highest BCUT2D eigenvalue weighted by molar-refractivity contribution is 5.99. The number of piperazine rings is 1. The van der Waals surface area contributed by atoms with E-state index in [1.54, 1.807) is 0 Å². The molecule has 2 atom stereocenters. The van der Waals surface area contributed by atoms with Gasteiger partial charge in [-0.05, 0) is 25.2 Å². The van der Waals surface area contributed by atoms with Crippen molar-refractivity contribution >= 4 is 11.8 Å². The van der Waals surface area contributed by atoms with Gasteiger partial charge in [0.05, 0.1) is 6.61 Å². The monoisotopic (exact) mass is 296 g/mol. The average molecular weight is 296 g/mol. The molecule has 2 aliphatic rings. The molecule has 2 aliphatic heterocycles. The summed E-state index contributed by atoms with van der Waals surface area (Å²) in [5.41, 5.74) is -0.720. The Bertz CT molecular complexity index is 398. The Balaban J connectivity index is 2.27. The van der Waals surface area contributed by atoms with Crippen LogP contribution in [0.3, 0.4) is 0 Å². The lowest BCUT2D eigenvalue weighted by atomic mass is 9.84. The normalized spacial score (nSPS) is 29.1. The third kappa shape index (κ3) is 2.93. The van der Waals surface area contributed by atoms with E-state index in [0.717, 1.165) is 13.0 Å². The van der Waals surface area contributed by atoms with Crippen molar-refractivity contribution in [2.75, 3.05) is 19.8 Å². The van der Waals surface area contributed by atoms with Gasteiger partial charge in [0.15, 0.2) is 0 Å². The van der Waals surface area contributed by atoms with Gasteiger partial charge in [0.25, 0.3) is 0 Å². The Kier molecular flexibility index (Phi) is 4.91. The minimum absolute atomic E-state index is 0.00721. The molecule has 0 aliphatic carbocycles. The van der Waals surface area contributed by atoms with E-state index in [1.165, 1.54) is 0 Å². The number of amides is 2.